The van der Waals surface area contributed by atoms with Crippen molar-refractivity contribution in [3.05, 3.63) is 0 Å². The molecule has 2 aliphatic heterocycles. The molecular formula is C16H34BN2. The van der Waals surface area contributed by atoms with Crippen LogP contribution in [0.1, 0.15) is 61.8 Å². The van der Waals surface area contributed by atoms with Gasteiger partial charge in [0.15, 0.2) is 0 Å². The molecule has 111 valence electrons. The second kappa shape index (κ2) is 6.63. The molecule has 0 N–H and O–H groups in total. The van der Waals surface area contributed by atoms with Crippen LogP contribution < -0.4 is 0 Å². The molecule has 2 bridgehead atoms. The van der Waals surface area contributed by atoms with Gasteiger partial charge >= 0.3 is 0 Å². The lowest BCUT2D eigenvalue weighted by Crippen LogP contribution is -2.54. The molecular weight excluding hydrogens is 231 g/mol. The molecule has 3 radical (unpaired) electrons. The Morgan fingerprint density at radius 2 is 1.42 bits per heavy atom. The van der Waals surface area contributed by atoms with Crippen LogP contribution in [0.4, 0.5) is 0 Å². The van der Waals surface area contributed by atoms with Crippen molar-refractivity contribution in [2.75, 3.05) is 19.6 Å². The molecule has 0 aliphatic carbocycles. The van der Waals surface area contributed by atoms with E-state index in [4.69, 9.17) is 0 Å². The van der Waals surface area contributed by atoms with E-state index in [0.29, 0.717) is 11.0 Å². The molecule has 2 saturated heterocycles. The fraction of sp³-hybridized carbons (Fsp3) is 1.00. The molecule has 0 aromatic heterocycles. The lowest BCUT2D eigenvalue weighted by Gasteiger charge is -2.43. The molecule has 0 spiro atoms. The van der Waals surface area contributed by atoms with E-state index < -0.39 is 0 Å². The first-order valence-electron chi connectivity index (χ1n) is 7.68. The van der Waals surface area contributed by atoms with E-state index in [1.165, 1.54) is 26.1 Å². The summed E-state index contributed by atoms with van der Waals surface area (Å²) in [5.41, 5.74) is 0.796. The van der Waals surface area contributed by atoms with Gasteiger partial charge < -0.3 is 0 Å². The number of piperazine rings is 1. The summed E-state index contributed by atoms with van der Waals surface area (Å²) >= 11 is 0. The molecule has 0 aromatic carbocycles. The quantitative estimate of drug-likeness (QED) is 0.672. The van der Waals surface area contributed by atoms with E-state index in [0.717, 1.165) is 12.1 Å². The average molecular weight is 265 g/mol. The summed E-state index contributed by atoms with van der Waals surface area (Å²) in [6.45, 7) is 21.9. The number of hydrogen-bond acceptors (Lipinski definition) is 2. The van der Waals surface area contributed by atoms with Crippen LogP contribution >= 0.6 is 0 Å². The Balaban J connectivity index is 0.00000103. The maximum absolute atomic E-state index is 2.72. The molecule has 2 nitrogen and oxygen atoms in total. The van der Waals surface area contributed by atoms with Gasteiger partial charge in [0.2, 0.25) is 0 Å². The van der Waals surface area contributed by atoms with Crippen LogP contribution in [0, 0.1) is 5.41 Å². The van der Waals surface area contributed by atoms with E-state index in [-0.39, 0.29) is 8.41 Å². The third-order valence-electron chi connectivity index (χ3n) is 3.89. The standard InChI is InChI=1S/C14H28N2.C2H6.B/c1-13(2,3)10-15-8-12-7-11(15)9-16(12)14(4,5)6;1-2;/h11-12H,7-10H2,1-6H3;1-2H3;. The van der Waals surface area contributed by atoms with E-state index >= 15 is 0 Å². The van der Waals surface area contributed by atoms with Crippen molar-refractivity contribution in [1.82, 2.24) is 9.80 Å². The second-order valence-electron chi connectivity index (χ2n) is 7.86. The highest BCUT2D eigenvalue weighted by Gasteiger charge is 2.47. The minimum Gasteiger partial charge on any atom is -0.297 e. The van der Waals surface area contributed by atoms with Crippen LogP contribution in [0.2, 0.25) is 0 Å². The molecule has 0 saturated carbocycles. The zero-order chi connectivity index (χ0) is 14.1. The number of fused-ring (bicyclic) bond motifs is 2. The van der Waals surface area contributed by atoms with Crippen LogP contribution in [0.25, 0.3) is 0 Å². The maximum atomic E-state index is 2.72. The Morgan fingerprint density at radius 3 is 1.74 bits per heavy atom. The Labute approximate surface area is 123 Å². The monoisotopic (exact) mass is 265 g/mol. The Kier molecular flexibility index (Phi) is 6.62. The van der Waals surface area contributed by atoms with Crippen LogP contribution in [0.3, 0.4) is 0 Å². The predicted octanol–water partition coefficient (Wildman–Crippen LogP) is 3.23. The van der Waals surface area contributed by atoms with Crippen LogP contribution in [-0.4, -0.2) is 55.5 Å². The van der Waals surface area contributed by atoms with E-state index in [1.807, 2.05) is 13.8 Å². The first-order valence-corrected chi connectivity index (χ1v) is 7.68. The van der Waals surface area contributed by atoms with E-state index in [2.05, 4.69) is 51.3 Å². The summed E-state index contributed by atoms with van der Waals surface area (Å²) < 4.78 is 0. The summed E-state index contributed by atoms with van der Waals surface area (Å²) in [6.07, 6.45) is 1.40. The average Bonchev–Trinajstić information content (AvgIpc) is 2.75. The summed E-state index contributed by atoms with van der Waals surface area (Å²) in [5.74, 6) is 0. The van der Waals surface area contributed by atoms with Gasteiger partial charge in [-0.25, -0.2) is 0 Å². The molecule has 2 unspecified atom stereocenters. The molecule has 2 atom stereocenters. The number of likely N-dealkylation sites (tertiary alicyclic amines) is 2. The van der Waals surface area contributed by atoms with Gasteiger partial charge in [-0.1, -0.05) is 34.6 Å². The highest BCUT2D eigenvalue weighted by Crippen LogP contribution is 2.36. The third kappa shape index (κ3) is 4.79. The summed E-state index contributed by atoms with van der Waals surface area (Å²) in [7, 11) is 0. The normalized spacial score (nSPS) is 27.8. The molecule has 19 heavy (non-hydrogen) atoms. The summed E-state index contributed by atoms with van der Waals surface area (Å²) in [4.78, 5) is 5.42. The third-order valence-corrected chi connectivity index (χ3v) is 3.89. The molecule has 2 fully saturated rings. The Hall–Kier alpha value is -0.0151. The number of hydrogen-bond donors (Lipinski definition) is 0. The predicted molar refractivity (Wildman–Crippen MR) is 86.8 cm³/mol. The minimum atomic E-state index is 0. The highest BCUT2D eigenvalue weighted by molar-refractivity contribution is 5.75. The van der Waals surface area contributed by atoms with Gasteiger partial charge in [0.05, 0.1) is 0 Å². The van der Waals surface area contributed by atoms with Gasteiger partial charge in [-0.2, -0.15) is 0 Å². The Bertz CT molecular complexity index is 265. The molecule has 3 heteroatoms. The lowest BCUT2D eigenvalue weighted by molar-refractivity contribution is 0.0443. The lowest BCUT2D eigenvalue weighted by atomic mass is 9.95. The van der Waals surface area contributed by atoms with Crippen molar-refractivity contribution < 1.29 is 0 Å². The first kappa shape index (κ1) is 19.0. The van der Waals surface area contributed by atoms with Gasteiger partial charge in [0.25, 0.3) is 0 Å². The van der Waals surface area contributed by atoms with E-state index in [1.54, 1.807) is 0 Å². The maximum Gasteiger partial charge on any atom is 0.0244 e. The van der Waals surface area contributed by atoms with Crippen molar-refractivity contribution >= 4 is 8.41 Å². The van der Waals surface area contributed by atoms with Crippen molar-refractivity contribution in [3.8, 4) is 0 Å². The zero-order valence-corrected chi connectivity index (χ0v) is 14.5. The van der Waals surface area contributed by atoms with Gasteiger partial charge in [0, 0.05) is 45.7 Å². The summed E-state index contributed by atoms with van der Waals surface area (Å²) in [6, 6.07) is 1.63. The number of rotatable bonds is 1. The van der Waals surface area contributed by atoms with Gasteiger partial charge in [-0.3, -0.25) is 9.80 Å². The zero-order valence-electron chi connectivity index (χ0n) is 14.5. The van der Waals surface area contributed by atoms with Crippen molar-refractivity contribution in [1.29, 1.82) is 0 Å². The molecule has 0 aromatic rings. The van der Waals surface area contributed by atoms with Gasteiger partial charge in [-0.05, 0) is 32.6 Å². The van der Waals surface area contributed by atoms with Crippen LogP contribution in [-0.2, 0) is 0 Å². The second-order valence-corrected chi connectivity index (χ2v) is 7.86. The van der Waals surface area contributed by atoms with Crippen molar-refractivity contribution in [2.45, 2.75) is 79.4 Å². The SMILES string of the molecule is CC.CC(C)(C)CN1CC2CC1CN2C(C)(C)C.[B]. The summed E-state index contributed by atoms with van der Waals surface area (Å²) in [5, 5.41) is 0. The Morgan fingerprint density at radius 1 is 0.895 bits per heavy atom. The van der Waals surface area contributed by atoms with Crippen molar-refractivity contribution in [3.63, 3.8) is 0 Å². The fourth-order valence-electron chi connectivity index (χ4n) is 3.37. The minimum absolute atomic E-state index is 0. The van der Waals surface area contributed by atoms with Crippen molar-refractivity contribution in [2.24, 2.45) is 5.41 Å². The van der Waals surface area contributed by atoms with Gasteiger partial charge in [0.1, 0.15) is 0 Å². The smallest absolute Gasteiger partial charge is 0.0244 e. The largest absolute Gasteiger partial charge is 0.297 e. The molecule has 0 amide bonds. The molecule has 2 aliphatic rings. The van der Waals surface area contributed by atoms with Crippen LogP contribution in [0.15, 0.2) is 0 Å². The fourth-order valence-corrected chi connectivity index (χ4v) is 3.37. The molecule has 2 rings (SSSR count). The highest BCUT2D eigenvalue weighted by atomic mass is 15.4. The van der Waals surface area contributed by atoms with Crippen LogP contribution in [0.5, 0.6) is 0 Å². The number of nitrogens with zero attached hydrogens (tertiary/aromatic N) is 2. The molecule has 2 heterocycles. The first-order chi connectivity index (χ1) is 8.17. The van der Waals surface area contributed by atoms with Gasteiger partial charge in [-0.15, -0.1) is 0 Å². The van der Waals surface area contributed by atoms with E-state index in [9.17, 15) is 0 Å². The topological polar surface area (TPSA) is 6.48 Å².